The van der Waals surface area contributed by atoms with Gasteiger partial charge in [0.1, 0.15) is 23.9 Å². The summed E-state index contributed by atoms with van der Waals surface area (Å²) in [6.07, 6.45) is 2.00. The molecule has 0 aliphatic carbocycles. The Balaban J connectivity index is 2.24. The van der Waals surface area contributed by atoms with E-state index in [-0.39, 0.29) is 17.1 Å². The normalized spacial score (nSPS) is 12.2. The third-order valence-corrected chi connectivity index (χ3v) is 4.90. The number of nitrogens with zero attached hydrogens (tertiary/aromatic N) is 3. The van der Waals surface area contributed by atoms with Crippen LogP contribution in [0.5, 0.6) is 0 Å². The number of alkyl halides is 1. The average Bonchev–Trinajstić information content (AvgIpc) is 2.72. The maximum absolute atomic E-state index is 14.0. The van der Waals surface area contributed by atoms with Gasteiger partial charge in [0.2, 0.25) is 0 Å². The molecule has 1 amide bonds. The predicted molar refractivity (Wildman–Crippen MR) is 123 cm³/mol. The zero-order valence-corrected chi connectivity index (χ0v) is 19.3. The molecule has 0 aromatic carbocycles. The average molecular weight is 463 g/mol. The molecule has 32 heavy (non-hydrogen) atoms. The number of hydrogen-bond acceptors (Lipinski definition) is 7. The molecule has 0 aliphatic rings. The van der Waals surface area contributed by atoms with Crippen LogP contribution in [0.3, 0.4) is 0 Å². The summed E-state index contributed by atoms with van der Waals surface area (Å²) >= 11 is 6.17. The van der Waals surface area contributed by atoms with Crippen LogP contribution in [0.1, 0.15) is 50.0 Å². The summed E-state index contributed by atoms with van der Waals surface area (Å²) in [7, 11) is 0. The van der Waals surface area contributed by atoms with E-state index in [1.165, 1.54) is 32.3 Å². The van der Waals surface area contributed by atoms with Crippen LogP contribution >= 0.6 is 11.6 Å². The molecule has 2 heterocycles. The Morgan fingerprint density at radius 1 is 1.31 bits per heavy atom. The van der Waals surface area contributed by atoms with E-state index in [1.54, 1.807) is 6.07 Å². The Hall–Kier alpha value is -2.96. The smallest absolute Gasteiger partial charge is 0.255 e. The van der Waals surface area contributed by atoms with Gasteiger partial charge in [0.05, 0.1) is 34.0 Å². The van der Waals surface area contributed by atoms with Crippen LogP contribution in [0, 0.1) is 17.2 Å². The maximum Gasteiger partial charge on any atom is 0.255 e. The van der Waals surface area contributed by atoms with Crippen LogP contribution in [0.25, 0.3) is 0 Å². The predicted octanol–water partition coefficient (Wildman–Crippen LogP) is 4.04. The molecule has 172 valence electrons. The Morgan fingerprint density at radius 3 is 2.62 bits per heavy atom. The number of nitrogens with one attached hydrogen (secondary N) is 3. The fourth-order valence-electron chi connectivity index (χ4n) is 2.59. The Labute approximate surface area is 192 Å². The number of rotatable bonds is 10. The van der Waals surface area contributed by atoms with Crippen LogP contribution in [0.4, 0.5) is 21.7 Å². The molecule has 1 unspecified atom stereocenters. The number of halogens is 2. The number of amides is 1. The van der Waals surface area contributed by atoms with Gasteiger partial charge in [0, 0.05) is 25.0 Å². The quantitative estimate of drug-likeness (QED) is 0.420. The van der Waals surface area contributed by atoms with E-state index >= 15 is 0 Å². The highest BCUT2D eigenvalue weighted by Gasteiger charge is 2.27. The summed E-state index contributed by atoms with van der Waals surface area (Å²) < 4.78 is 14.0. The van der Waals surface area contributed by atoms with Crippen molar-refractivity contribution in [2.75, 3.05) is 23.7 Å². The molecule has 0 aliphatic heterocycles. The third kappa shape index (κ3) is 7.32. The number of pyridine rings is 2. The minimum absolute atomic E-state index is 0.237. The van der Waals surface area contributed by atoms with Crippen molar-refractivity contribution in [1.82, 2.24) is 15.3 Å². The molecule has 2 aromatic heterocycles. The fourth-order valence-corrected chi connectivity index (χ4v) is 2.80. The second-order valence-corrected chi connectivity index (χ2v) is 8.75. The number of nitriles is 1. The van der Waals surface area contributed by atoms with E-state index in [9.17, 15) is 14.3 Å². The van der Waals surface area contributed by atoms with E-state index < -0.39 is 17.7 Å². The molecule has 0 fully saturated rings. The number of carbonyl (C=O) groups is 1. The van der Waals surface area contributed by atoms with E-state index in [4.69, 9.17) is 16.9 Å². The minimum Gasteiger partial charge on any atom is -0.387 e. The van der Waals surface area contributed by atoms with Crippen molar-refractivity contribution in [2.45, 2.75) is 45.9 Å². The van der Waals surface area contributed by atoms with Crippen molar-refractivity contribution < 1.29 is 14.3 Å². The minimum atomic E-state index is -1.62. The molecule has 8 nitrogen and oxygen atoms in total. The molecule has 0 radical (unpaired) electrons. The first-order valence-electron chi connectivity index (χ1n) is 10.2. The van der Waals surface area contributed by atoms with Crippen LogP contribution < -0.4 is 16.0 Å². The zero-order chi connectivity index (χ0) is 23.9. The highest BCUT2D eigenvalue weighted by Crippen LogP contribution is 2.26. The first kappa shape index (κ1) is 25.3. The molecule has 10 heteroatoms. The molecule has 2 rings (SSSR count). The van der Waals surface area contributed by atoms with Crippen molar-refractivity contribution >= 4 is 34.8 Å². The van der Waals surface area contributed by atoms with Crippen LogP contribution in [0.2, 0.25) is 5.02 Å². The zero-order valence-electron chi connectivity index (χ0n) is 18.5. The molecule has 0 saturated carbocycles. The maximum atomic E-state index is 14.0. The van der Waals surface area contributed by atoms with Crippen LogP contribution in [-0.2, 0) is 0 Å². The van der Waals surface area contributed by atoms with Gasteiger partial charge in [-0.05, 0) is 32.3 Å². The van der Waals surface area contributed by atoms with Gasteiger partial charge in [-0.15, -0.1) is 0 Å². The van der Waals surface area contributed by atoms with Crippen molar-refractivity contribution in [2.24, 2.45) is 5.92 Å². The SMILES string of the molecule is CC(C)CCNc1cc(Nc2ncc(C#N)cc2Cl)ncc1C(=O)NCC(F)C(C)(C)O. The molecular formula is C22H28ClFN6O2. The number of aliphatic hydroxyl groups is 1. The highest BCUT2D eigenvalue weighted by atomic mass is 35.5. The summed E-state index contributed by atoms with van der Waals surface area (Å²) in [5.74, 6) is 0.638. The summed E-state index contributed by atoms with van der Waals surface area (Å²) in [5.41, 5.74) is -0.496. The fraction of sp³-hybridized carbons (Fsp3) is 0.455. The largest absolute Gasteiger partial charge is 0.387 e. The van der Waals surface area contributed by atoms with Gasteiger partial charge in [0.25, 0.3) is 5.91 Å². The van der Waals surface area contributed by atoms with E-state index in [0.29, 0.717) is 35.3 Å². The molecular weight excluding hydrogens is 435 g/mol. The van der Waals surface area contributed by atoms with Gasteiger partial charge in [-0.3, -0.25) is 4.79 Å². The standard InChI is InChI=1S/C22H28ClFN6O2/c1-13(2)5-6-26-17-8-19(30-20-16(23)7-14(9-25)10-28-20)27-11-15(17)21(31)29-12-18(24)22(3,4)32/h7-8,10-11,13,18,32H,5-6,12H2,1-4H3,(H,29,31)(H2,26,27,28,30). The van der Waals surface area contributed by atoms with Crippen molar-refractivity contribution in [3.8, 4) is 6.07 Å². The molecule has 0 bridgehead atoms. The lowest BCUT2D eigenvalue weighted by atomic mass is 10.0. The summed E-state index contributed by atoms with van der Waals surface area (Å²) in [5, 5.41) is 27.6. The van der Waals surface area contributed by atoms with Gasteiger partial charge in [0.15, 0.2) is 0 Å². The number of aromatic nitrogens is 2. The Morgan fingerprint density at radius 2 is 2.03 bits per heavy atom. The topological polar surface area (TPSA) is 123 Å². The monoisotopic (exact) mass is 462 g/mol. The molecule has 4 N–H and O–H groups in total. The molecule has 0 saturated heterocycles. The Kier molecular flexibility index (Phi) is 8.75. The number of carbonyl (C=O) groups excluding carboxylic acids is 1. The van der Waals surface area contributed by atoms with Crippen molar-refractivity contribution in [3.63, 3.8) is 0 Å². The number of anilines is 3. The summed E-state index contributed by atoms with van der Waals surface area (Å²) in [6, 6.07) is 5.08. The van der Waals surface area contributed by atoms with Crippen LogP contribution in [0.15, 0.2) is 24.5 Å². The number of hydrogen-bond donors (Lipinski definition) is 4. The van der Waals surface area contributed by atoms with E-state index in [2.05, 4.69) is 39.8 Å². The van der Waals surface area contributed by atoms with E-state index in [0.717, 1.165) is 6.42 Å². The summed E-state index contributed by atoms with van der Waals surface area (Å²) in [6.45, 7) is 7.14. The first-order chi connectivity index (χ1) is 15.0. The lowest BCUT2D eigenvalue weighted by Crippen LogP contribution is -2.42. The lowest BCUT2D eigenvalue weighted by molar-refractivity contribution is -0.00177. The first-order valence-corrected chi connectivity index (χ1v) is 10.6. The lowest BCUT2D eigenvalue weighted by Gasteiger charge is -2.22. The Bertz CT molecular complexity index is 987. The molecule has 0 spiro atoms. The van der Waals surface area contributed by atoms with Crippen LogP contribution in [-0.4, -0.2) is 45.8 Å². The second kappa shape index (κ2) is 11.1. The van der Waals surface area contributed by atoms with Gasteiger partial charge in [-0.2, -0.15) is 5.26 Å². The molecule has 2 aromatic rings. The van der Waals surface area contributed by atoms with Gasteiger partial charge < -0.3 is 21.1 Å². The van der Waals surface area contributed by atoms with Gasteiger partial charge in [-0.25, -0.2) is 14.4 Å². The highest BCUT2D eigenvalue weighted by molar-refractivity contribution is 6.33. The second-order valence-electron chi connectivity index (χ2n) is 8.35. The van der Waals surface area contributed by atoms with Gasteiger partial charge >= 0.3 is 0 Å². The van der Waals surface area contributed by atoms with E-state index in [1.807, 2.05) is 6.07 Å². The molecule has 1 atom stereocenters. The third-order valence-electron chi connectivity index (χ3n) is 4.61. The summed E-state index contributed by atoms with van der Waals surface area (Å²) in [4.78, 5) is 21.0. The van der Waals surface area contributed by atoms with Crippen molar-refractivity contribution in [3.05, 3.63) is 40.7 Å². The van der Waals surface area contributed by atoms with Crippen molar-refractivity contribution in [1.29, 1.82) is 5.26 Å². The van der Waals surface area contributed by atoms with Gasteiger partial charge in [-0.1, -0.05) is 25.4 Å².